The molecule has 5 nitrogen and oxygen atoms in total. The van der Waals surface area contributed by atoms with Crippen LogP contribution in [0.2, 0.25) is 0 Å². The number of amides is 1. The Morgan fingerprint density at radius 1 is 1.27 bits per heavy atom. The fourth-order valence-corrected chi connectivity index (χ4v) is 1.97. The van der Waals surface area contributed by atoms with Crippen LogP contribution in [0.3, 0.4) is 0 Å². The van der Waals surface area contributed by atoms with Crippen molar-refractivity contribution >= 4 is 5.91 Å². The van der Waals surface area contributed by atoms with Crippen molar-refractivity contribution in [2.24, 2.45) is 5.73 Å². The lowest BCUT2D eigenvalue weighted by Gasteiger charge is -2.23. The van der Waals surface area contributed by atoms with Crippen molar-refractivity contribution in [2.75, 3.05) is 33.9 Å². The number of carbonyl (C=O) groups excluding carboxylic acids is 1. The quantitative estimate of drug-likeness (QED) is 0.670. The van der Waals surface area contributed by atoms with E-state index in [1.54, 1.807) is 19.1 Å². The second kappa shape index (κ2) is 10.2. The summed E-state index contributed by atoms with van der Waals surface area (Å²) in [7, 11) is 3.49. The van der Waals surface area contributed by atoms with E-state index in [2.05, 4.69) is 0 Å². The van der Waals surface area contributed by atoms with E-state index < -0.39 is 0 Å². The van der Waals surface area contributed by atoms with Crippen LogP contribution in [-0.4, -0.2) is 50.8 Å². The molecule has 1 aromatic rings. The molecule has 5 heteroatoms. The SMILES string of the molecule is COCCc1ccc(OCCCC(=O)N(C)C(C)CN)cc1. The summed E-state index contributed by atoms with van der Waals surface area (Å²) < 4.78 is 10.7. The summed E-state index contributed by atoms with van der Waals surface area (Å²) >= 11 is 0. The number of rotatable bonds is 10. The maximum atomic E-state index is 11.9. The van der Waals surface area contributed by atoms with Crippen molar-refractivity contribution in [3.8, 4) is 5.75 Å². The van der Waals surface area contributed by atoms with Gasteiger partial charge < -0.3 is 20.1 Å². The van der Waals surface area contributed by atoms with Crippen LogP contribution in [0.5, 0.6) is 5.75 Å². The number of carbonyl (C=O) groups is 1. The molecule has 0 aliphatic heterocycles. The Hall–Kier alpha value is -1.59. The molecule has 1 aromatic carbocycles. The Morgan fingerprint density at radius 3 is 2.55 bits per heavy atom. The molecule has 1 rings (SSSR count). The minimum atomic E-state index is 0.0769. The van der Waals surface area contributed by atoms with E-state index in [0.717, 1.165) is 18.8 Å². The van der Waals surface area contributed by atoms with Gasteiger partial charge in [0, 0.05) is 33.2 Å². The van der Waals surface area contributed by atoms with Crippen molar-refractivity contribution in [1.82, 2.24) is 4.90 Å². The van der Waals surface area contributed by atoms with E-state index >= 15 is 0 Å². The number of ether oxygens (including phenoxy) is 2. The molecule has 0 radical (unpaired) electrons. The van der Waals surface area contributed by atoms with Gasteiger partial charge in [-0.1, -0.05) is 12.1 Å². The average Bonchev–Trinajstić information content (AvgIpc) is 2.56. The van der Waals surface area contributed by atoms with Crippen LogP contribution < -0.4 is 10.5 Å². The van der Waals surface area contributed by atoms with E-state index in [9.17, 15) is 4.79 Å². The standard InChI is InChI=1S/C17H28N2O3/c1-14(13-18)19(2)17(20)5-4-11-22-16-8-6-15(7-9-16)10-12-21-3/h6-9,14H,4-5,10-13,18H2,1-3H3. The Bertz CT molecular complexity index is 434. The summed E-state index contributed by atoms with van der Waals surface area (Å²) in [5.41, 5.74) is 6.78. The first-order valence-corrected chi connectivity index (χ1v) is 7.75. The number of nitrogens with two attached hydrogens (primary N) is 1. The van der Waals surface area contributed by atoms with Crippen LogP contribution in [-0.2, 0) is 16.0 Å². The highest BCUT2D eigenvalue weighted by atomic mass is 16.5. The van der Waals surface area contributed by atoms with Crippen LogP contribution in [0.15, 0.2) is 24.3 Å². The number of hydrogen-bond donors (Lipinski definition) is 1. The second-order valence-electron chi connectivity index (χ2n) is 5.43. The second-order valence-corrected chi connectivity index (χ2v) is 5.43. The first-order chi connectivity index (χ1) is 10.6. The largest absolute Gasteiger partial charge is 0.494 e. The van der Waals surface area contributed by atoms with Gasteiger partial charge in [0.15, 0.2) is 0 Å². The molecule has 0 aliphatic carbocycles. The van der Waals surface area contributed by atoms with Crippen LogP contribution in [0.4, 0.5) is 0 Å². The fourth-order valence-electron chi connectivity index (χ4n) is 1.97. The Labute approximate surface area is 133 Å². The summed E-state index contributed by atoms with van der Waals surface area (Å²) in [5.74, 6) is 0.939. The zero-order valence-electron chi connectivity index (χ0n) is 13.9. The summed E-state index contributed by atoms with van der Waals surface area (Å²) in [4.78, 5) is 13.6. The van der Waals surface area contributed by atoms with E-state index in [0.29, 0.717) is 26.0 Å². The van der Waals surface area contributed by atoms with Crippen LogP contribution in [0.1, 0.15) is 25.3 Å². The normalized spacial score (nSPS) is 12.0. The maximum Gasteiger partial charge on any atom is 0.222 e. The van der Waals surface area contributed by atoms with Crippen LogP contribution >= 0.6 is 0 Å². The molecule has 1 amide bonds. The fraction of sp³-hybridized carbons (Fsp3) is 0.588. The van der Waals surface area contributed by atoms with Gasteiger partial charge in [0.2, 0.25) is 5.91 Å². The molecule has 1 atom stereocenters. The molecule has 0 aliphatic rings. The number of benzene rings is 1. The first-order valence-electron chi connectivity index (χ1n) is 7.75. The Balaban J connectivity index is 2.25. The molecule has 0 aromatic heterocycles. The van der Waals surface area contributed by atoms with E-state index in [1.165, 1.54) is 5.56 Å². The number of hydrogen-bond acceptors (Lipinski definition) is 4. The van der Waals surface area contributed by atoms with Crippen molar-refractivity contribution in [2.45, 2.75) is 32.2 Å². The summed E-state index contributed by atoms with van der Waals surface area (Å²) in [5, 5.41) is 0. The van der Waals surface area contributed by atoms with Gasteiger partial charge in [-0.25, -0.2) is 0 Å². The van der Waals surface area contributed by atoms with Crippen molar-refractivity contribution in [3.63, 3.8) is 0 Å². The van der Waals surface area contributed by atoms with Crippen LogP contribution in [0.25, 0.3) is 0 Å². The molecule has 0 spiro atoms. The molecule has 0 fully saturated rings. The highest BCUT2D eigenvalue weighted by molar-refractivity contribution is 5.76. The number of methoxy groups -OCH3 is 1. The monoisotopic (exact) mass is 308 g/mol. The van der Waals surface area contributed by atoms with E-state index in [1.807, 2.05) is 31.2 Å². The molecule has 2 N–H and O–H groups in total. The maximum absolute atomic E-state index is 11.9. The predicted octanol–water partition coefficient (Wildman–Crippen LogP) is 1.84. The van der Waals surface area contributed by atoms with Gasteiger partial charge in [0.05, 0.1) is 13.2 Å². The Morgan fingerprint density at radius 2 is 1.95 bits per heavy atom. The van der Waals surface area contributed by atoms with E-state index in [-0.39, 0.29) is 11.9 Å². The van der Waals surface area contributed by atoms with Crippen molar-refractivity contribution in [1.29, 1.82) is 0 Å². The zero-order valence-corrected chi connectivity index (χ0v) is 13.9. The Kier molecular flexibility index (Phi) is 8.55. The highest BCUT2D eigenvalue weighted by Crippen LogP contribution is 2.13. The third-order valence-corrected chi connectivity index (χ3v) is 3.72. The summed E-state index contributed by atoms with van der Waals surface area (Å²) in [6.45, 7) is 3.68. The van der Waals surface area contributed by atoms with Gasteiger partial charge in [-0.15, -0.1) is 0 Å². The molecule has 0 saturated carbocycles. The predicted molar refractivity (Wildman–Crippen MR) is 88.0 cm³/mol. The number of likely N-dealkylation sites (N-methyl/N-ethyl adjacent to an activating group) is 1. The molecule has 22 heavy (non-hydrogen) atoms. The molecule has 124 valence electrons. The summed E-state index contributed by atoms with van der Waals surface area (Å²) in [6.07, 6.45) is 2.08. The third kappa shape index (κ3) is 6.45. The van der Waals surface area contributed by atoms with Crippen LogP contribution in [0, 0.1) is 0 Å². The van der Waals surface area contributed by atoms with E-state index in [4.69, 9.17) is 15.2 Å². The molecule has 0 bridgehead atoms. The average molecular weight is 308 g/mol. The molecule has 1 unspecified atom stereocenters. The minimum Gasteiger partial charge on any atom is -0.494 e. The first kappa shape index (κ1) is 18.5. The van der Waals surface area contributed by atoms with Gasteiger partial charge in [0.25, 0.3) is 0 Å². The van der Waals surface area contributed by atoms with Gasteiger partial charge in [-0.05, 0) is 37.5 Å². The van der Waals surface area contributed by atoms with Gasteiger partial charge in [-0.2, -0.15) is 0 Å². The van der Waals surface area contributed by atoms with Gasteiger partial charge in [-0.3, -0.25) is 4.79 Å². The third-order valence-electron chi connectivity index (χ3n) is 3.72. The lowest BCUT2D eigenvalue weighted by molar-refractivity contribution is -0.131. The lowest BCUT2D eigenvalue weighted by Crippen LogP contribution is -2.39. The smallest absolute Gasteiger partial charge is 0.222 e. The summed E-state index contributed by atoms with van der Waals surface area (Å²) in [6, 6.07) is 8.06. The molecular formula is C17H28N2O3. The zero-order chi connectivity index (χ0) is 16.4. The lowest BCUT2D eigenvalue weighted by atomic mass is 10.1. The minimum absolute atomic E-state index is 0.0769. The number of nitrogens with zero attached hydrogens (tertiary/aromatic N) is 1. The van der Waals surface area contributed by atoms with Crippen molar-refractivity contribution in [3.05, 3.63) is 29.8 Å². The molecular weight excluding hydrogens is 280 g/mol. The van der Waals surface area contributed by atoms with Gasteiger partial charge in [0.1, 0.15) is 5.75 Å². The van der Waals surface area contributed by atoms with Gasteiger partial charge >= 0.3 is 0 Å². The topological polar surface area (TPSA) is 64.8 Å². The van der Waals surface area contributed by atoms with Crippen molar-refractivity contribution < 1.29 is 14.3 Å². The molecule has 0 saturated heterocycles. The highest BCUT2D eigenvalue weighted by Gasteiger charge is 2.13. The molecule has 0 heterocycles.